The van der Waals surface area contributed by atoms with Crippen LogP contribution in [-0.2, 0) is 29.1 Å². The topological polar surface area (TPSA) is 51.2 Å². The van der Waals surface area contributed by atoms with Crippen LogP contribution in [0.5, 0.6) is 0 Å². The molecule has 76 valence electrons. The van der Waals surface area contributed by atoms with Gasteiger partial charge in [0.25, 0.3) is 0 Å². The minimum atomic E-state index is -4.28. The summed E-state index contributed by atoms with van der Waals surface area (Å²) in [6.07, 6.45) is 1.79. The molecule has 0 aliphatic carbocycles. The van der Waals surface area contributed by atoms with Crippen LogP contribution in [0.3, 0.4) is 0 Å². The summed E-state index contributed by atoms with van der Waals surface area (Å²) in [5, 5.41) is 0. The van der Waals surface area contributed by atoms with Crippen molar-refractivity contribution in [3.05, 3.63) is 21.7 Å². The van der Waals surface area contributed by atoms with E-state index < -0.39 is 14.7 Å². The van der Waals surface area contributed by atoms with Crippen LogP contribution < -0.4 is 0 Å². The molecule has 0 spiro atoms. The van der Waals surface area contributed by atoms with Gasteiger partial charge in [-0.3, -0.25) is 0 Å². The summed E-state index contributed by atoms with van der Waals surface area (Å²) in [6, 6.07) is 0. The molecule has 0 saturated carbocycles. The van der Waals surface area contributed by atoms with Gasteiger partial charge in [-0.15, -0.1) is 0 Å². The Morgan fingerprint density at radius 1 is 1.00 bits per heavy atom. The normalized spacial score (nSPS) is 10.9. The van der Waals surface area contributed by atoms with Crippen LogP contribution in [0.15, 0.2) is 21.7 Å². The van der Waals surface area contributed by atoms with E-state index in [0.29, 0.717) is 0 Å². The van der Waals surface area contributed by atoms with Crippen LogP contribution in [0.4, 0.5) is 0 Å². The molecule has 4 heteroatoms. The summed E-state index contributed by atoms with van der Waals surface area (Å²) < 4.78 is 6.00. The molecule has 0 aromatic rings. The molecule has 0 radical (unpaired) electrons. The van der Waals surface area contributed by atoms with Crippen molar-refractivity contribution in [2.24, 2.45) is 0 Å². The molecular weight excluding hydrogens is 352 g/mol. The van der Waals surface area contributed by atoms with E-state index in [1.54, 1.807) is 13.0 Å². The average molecular weight is 364 g/mol. The quantitative estimate of drug-likeness (QED) is 0.686. The van der Waals surface area contributed by atoms with E-state index in [1.165, 1.54) is 17.3 Å². The van der Waals surface area contributed by atoms with E-state index >= 15 is 0 Å². The third-order valence-corrected chi connectivity index (χ3v) is 7.30. The monoisotopic (exact) mass is 364 g/mol. The van der Waals surface area contributed by atoms with Gasteiger partial charge in [-0.2, -0.15) is 0 Å². The zero-order valence-corrected chi connectivity index (χ0v) is 11.5. The summed E-state index contributed by atoms with van der Waals surface area (Å²) in [7, 11) is 0. The molecule has 0 fully saturated rings. The average Bonchev–Trinajstić information content (AvgIpc) is 2.13. The fraction of sp³-hybridized carbons (Fsp3) is 0.300. The van der Waals surface area contributed by atoms with Gasteiger partial charge in [0.15, 0.2) is 0 Å². The number of rotatable bonds is 2. The predicted molar refractivity (Wildman–Crippen MR) is 51.7 cm³/mol. The first-order valence-corrected chi connectivity index (χ1v) is 10.6. The fourth-order valence-corrected chi connectivity index (χ4v) is 4.37. The first-order chi connectivity index (χ1) is 6.49. The van der Waals surface area contributed by atoms with Gasteiger partial charge in [-0.05, 0) is 0 Å². The maximum atomic E-state index is 10.5. The zero-order valence-electron chi connectivity index (χ0n) is 8.33. The molecular formula is C10H12O3W. The van der Waals surface area contributed by atoms with Crippen molar-refractivity contribution in [1.82, 2.24) is 0 Å². The van der Waals surface area contributed by atoms with Crippen molar-refractivity contribution in [3.63, 3.8) is 0 Å². The van der Waals surface area contributed by atoms with Crippen LogP contribution in [0.1, 0.15) is 20.8 Å². The first-order valence-electron chi connectivity index (χ1n) is 3.91. The summed E-state index contributed by atoms with van der Waals surface area (Å²) in [4.78, 5) is 31.5. The number of allylic oxidation sites excluding steroid dienone is 3. The number of hydrogen-bond acceptors (Lipinski definition) is 3. The maximum absolute atomic E-state index is 10.5. The zero-order chi connectivity index (χ0) is 11.2. The third kappa shape index (κ3) is 3.75. The van der Waals surface area contributed by atoms with Gasteiger partial charge in [0, 0.05) is 0 Å². The Kier molecular flexibility index (Phi) is 5.16. The van der Waals surface area contributed by atoms with Crippen molar-refractivity contribution in [1.29, 1.82) is 0 Å². The molecule has 3 nitrogen and oxygen atoms in total. The molecule has 0 saturated heterocycles. The summed E-state index contributed by atoms with van der Waals surface area (Å²) in [6.45, 7) is 5.50. The van der Waals surface area contributed by atoms with Crippen LogP contribution in [0.2, 0.25) is 0 Å². The second-order valence-corrected chi connectivity index (χ2v) is 11.2. The van der Waals surface area contributed by atoms with Crippen LogP contribution in [0, 0.1) is 0 Å². The van der Waals surface area contributed by atoms with E-state index in [9.17, 15) is 14.4 Å². The predicted octanol–water partition coefficient (Wildman–Crippen LogP) is 0.944. The van der Waals surface area contributed by atoms with Gasteiger partial charge < -0.3 is 0 Å². The molecule has 0 atom stereocenters. The SMILES string of the molecule is CC(C)=CC(C)=[CH][WH](=[C]=O)(=[C]=O)=[C]=O. The molecule has 14 heavy (non-hydrogen) atoms. The molecule has 0 bridgehead atoms. The van der Waals surface area contributed by atoms with Crippen molar-refractivity contribution < 1.29 is 29.1 Å². The Balaban J connectivity index is 5.91. The summed E-state index contributed by atoms with van der Waals surface area (Å²) >= 11 is -4.28. The third-order valence-electron chi connectivity index (χ3n) is 1.35. The molecule has 0 amide bonds. The second-order valence-electron chi connectivity index (χ2n) is 3.09. The molecule has 0 aliphatic rings. The Bertz CT molecular complexity index is 481. The molecule has 0 aromatic heterocycles. The number of hydrogen-bond donors (Lipinski definition) is 0. The summed E-state index contributed by atoms with van der Waals surface area (Å²) in [5.41, 5.74) is 1.75. The fourth-order valence-electron chi connectivity index (χ4n) is 0.933. The molecule has 0 unspecified atom stereocenters. The van der Waals surface area contributed by atoms with E-state index in [-0.39, 0.29) is 0 Å². The minimum absolute atomic E-state index is 0.721. The molecule has 0 rings (SSSR count). The molecule has 0 heterocycles. The molecule has 0 aliphatic heterocycles. The van der Waals surface area contributed by atoms with Gasteiger partial charge in [0.05, 0.1) is 0 Å². The molecule has 0 N–H and O–H groups in total. The van der Waals surface area contributed by atoms with Crippen LogP contribution in [0.25, 0.3) is 0 Å². The Labute approximate surface area is 84.5 Å². The Hall–Kier alpha value is -1.09. The van der Waals surface area contributed by atoms with Gasteiger partial charge >= 0.3 is 84.3 Å². The Morgan fingerprint density at radius 2 is 1.43 bits per heavy atom. The standard InChI is InChI=1S/C7H11.3CO.W.H/c1-6(2)5-7(3)4;3*1-2;;/h1,5H,2-4H3;;;;;. The van der Waals surface area contributed by atoms with Gasteiger partial charge in [-0.25, -0.2) is 0 Å². The van der Waals surface area contributed by atoms with Crippen LogP contribution in [-0.4, -0.2) is 12.8 Å². The van der Waals surface area contributed by atoms with Gasteiger partial charge in [-0.1, -0.05) is 0 Å². The van der Waals surface area contributed by atoms with Crippen molar-refractivity contribution in [2.75, 3.05) is 0 Å². The van der Waals surface area contributed by atoms with Crippen LogP contribution >= 0.6 is 0 Å². The van der Waals surface area contributed by atoms with E-state index in [2.05, 4.69) is 0 Å². The second kappa shape index (κ2) is 5.60. The Morgan fingerprint density at radius 3 is 1.71 bits per heavy atom. The van der Waals surface area contributed by atoms with Gasteiger partial charge in [0.1, 0.15) is 0 Å². The number of carbonyl (C=O) groups excluding carboxylic acids is 3. The first kappa shape index (κ1) is 12.9. The van der Waals surface area contributed by atoms with Crippen molar-refractivity contribution in [3.8, 4) is 0 Å². The molecule has 0 aromatic carbocycles. The van der Waals surface area contributed by atoms with Gasteiger partial charge in [0.2, 0.25) is 0 Å². The van der Waals surface area contributed by atoms with Crippen molar-refractivity contribution >= 4 is 12.8 Å². The van der Waals surface area contributed by atoms with E-state index in [0.717, 1.165) is 11.1 Å². The van der Waals surface area contributed by atoms with E-state index in [1.807, 2.05) is 13.8 Å². The van der Waals surface area contributed by atoms with Crippen molar-refractivity contribution in [2.45, 2.75) is 20.8 Å². The summed E-state index contributed by atoms with van der Waals surface area (Å²) in [5.74, 6) is 0. The van der Waals surface area contributed by atoms with E-state index in [4.69, 9.17) is 0 Å².